The predicted octanol–water partition coefficient (Wildman–Crippen LogP) is 0.402. The first-order valence-electron chi connectivity index (χ1n) is 3.43. The van der Waals surface area contributed by atoms with Gasteiger partial charge in [-0.2, -0.15) is 14.8 Å². The molecule has 6 nitrogen and oxygen atoms in total. The zero-order valence-corrected chi connectivity index (χ0v) is 8.01. The summed E-state index contributed by atoms with van der Waals surface area (Å²) in [5, 5.41) is 11.5. The summed E-state index contributed by atoms with van der Waals surface area (Å²) in [5.74, 6) is 0.760. The second kappa shape index (κ2) is 3.09. The van der Waals surface area contributed by atoms with Crippen molar-refractivity contribution in [3.63, 3.8) is 0 Å². The van der Waals surface area contributed by atoms with E-state index in [2.05, 4.69) is 36.2 Å². The van der Waals surface area contributed by atoms with E-state index in [0.717, 1.165) is 0 Å². The minimum atomic E-state index is 0.192. The minimum Gasteiger partial charge on any atom is -0.366 e. The van der Waals surface area contributed by atoms with Gasteiger partial charge in [0.25, 0.3) is 0 Å². The van der Waals surface area contributed by atoms with E-state index in [1.54, 1.807) is 18.3 Å². The molecule has 0 amide bonds. The van der Waals surface area contributed by atoms with Gasteiger partial charge >= 0.3 is 0 Å². The smallest absolute Gasteiger partial charge is 0.240 e. The summed E-state index contributed by atoms with van der Waals surface area (Å²) >= 11 is 3.20. The van der Waals surface area contributed by atoms with Gasteiger partial charge < -0.3 is 5.73 Å². The van der Waals surface area contributed by atoms with E-state index in [-0.39, 0.29) is 5.95 Å². The third-order valence-corrected chi connectivity index (χ3v) is 1.87. The molecule has 13 heavy (non-hydrogen) atoms. The Morgan fingerprint density at radius 2 is 2.31 bits per heavy atom. The number of hydrogen-bond donors (Lipinski definition) is 1. The van der Waals surface area contributed by atoms with Crippen LogP contribution >= 0.6 is 15.9 Å². The number of anilines is 1. The first kappa shape index (κ1) is 8.11. The van der Waals surface area contributed by atoms with Crippen LogP contribution in [0.4, 0.5) is 5.95 Å². The molecule has 0 aliphatic heterocycles. The van der Waals surface area contributed by atoms with Crippen LogP contribution in [-0.2, 0) is 0 Å². The highest BCUT2D eigenvalue weighted by molar-refractivity contribution is 9.10. The number of nitrogen functional groups attached to an aromatic ring is 1. The van der Waals surface area contributed by atoms with E-state index in [0.29, 0.717) is 10.6 Å². The van der Waals surface area contributed by atoms with Gasteiger partial charge in [-0.3, -0.25) is 0 Å². The Labute approximate surface area is 81.9 Å². The van der Waals surface area contributed by atoms with Crippen LogP contribution < -0.4 is 5.73 Å². The Kier molecular flexibility index (Phi) is 1.93. The predicted molar refractivity (Wildman–Crippen MR) is 49.1 cm³/mol. The average Bonchev–Trinajstić information content (AvgIpc) is 2.47. The second-order valence-electron chi connectivity index (χ2n) is 2.23. The van der Waals surface area contributed by atoms with E-state index in [4.69, 9.17) is 5.73 Å². The Morgan fingerprint density at radius 1 is 1.46 bits per heavy atom. The molecule has 0 spiro atoms. The Balaban J connectivity index is 2.53. The van der Waals surface area contributed by atoms with Crippen molar-refractivity contribution in [1.29, 1.82) is 0 Å². The van der Waals surface area contributed by atoms with E-state index in [1.807, 2.05) is 0 Å². The molecule has 2 heterocycles. The third kappa shape index (κ3) is 1.50. The van der Waals surface area contributed by atoms with Crippen LogP contribution in [0.25, 0.3) is 5.82 Å². The molecule has 0 saturated heterocycles. The van der Waals surface area contributed by atoms with E-state index < -0.39 is 0 Å². The number of hydrogen-bond acceptors (Lipinski definition) is 5. The molecule has 0 aromatic carbocycles. The molecule has 2 rings (SSSR count). The summed E-state index contributed by atoms with van der Waals surface area (Å²) in [6.07, 6.45) is 1.58. The average molecular weight is 241 g/mol. The molecule has 2 aromatic rings. The maximum absolute atomic E-state index is 5.40. The fourth-order valence-electron chi connectivity index (χ4n) is 0.860. The van der Waals surface area contributed by atoms with Crippen LogP contribution in [0.3, 0.4) is 0 Å². The standard InChI is InChI=1S/C6H5BrN6/c7-5-10-6(8)12-13(5)4-2-1-3-9-11-4/h1-3H,(H2,8,12). The minimum absolute atomic E-state index is 0.192. The van der Waals surface area contributed by atoms with Gasteiger partial charge in [-0.05, 0) is 28.1 Å². The zero-order chi connectivity index (χ0) is 9.26. The van der Waals surface area contributed by atoms with Crippen molar-refractivity contribution in [2.75, 3.05) is 5.73 Å². The van der Waals surface area contributed by atoms with Crippen LogP contribution in [0, 0.1) is 0 Å². The molecule has 0 aliphatic carbocycles. The molecule has 0 bridgehead atoms. The highest BCUT2D eigenvalue weighted by atomic mass is 79.9. The fraction of sp³-hybridized carbons (Fsp3) is 0. The number of nitrogens with zero attached hydrogens (tertiary/aromatic N) is 5. The monoisotopic (exact) mass is 240 g/mol. The molecule has 0 fully saturated rings. The van der Waals surface area contributed by atoms with Gasteiger partial charge in [0.15, 0.2) is 5.82 Å². The SMILES string of the molecule is Nc1nc(Br)n(-c2cccnn2)n1. The van der Waals surface area contributed by atoms with E-state index in [1.165, 1.54) is 4.68 Å². The first-order valence-corrected chi connectivity index (χ1v) is 4.23. The van der Waals surface area contributed by atoms with Crippen LogP contribution in [0.1, 0.15) is 0 Å². The summed E-state index contributed by atoms with van der Waals surface area (Å²) in [5.41, 5.74) is 5.40. The van der Waals surface area contributed by atoms with Crippen LogP contribution in [0.15, 0.2) is 23.1 Å². The van der Waals surface area contributed by atoms with Crippen LogP contribution in [0.2, 0.25) is 0 Å². The molecular weight excluding hydrogens is 236 g/mol. The summed E-state index contributed by atoms with van der Waals surface area (Å²) in [7, 11) is 0. The van der Waals surface area contributed by atoms with E-state index in [9.17, 15) is 0 Å². The van der Waals surface area contributed by atoms with Crippen molar-refractivity contribution in [3.8, 4) is 5.82 Å². The highest BCUT2D eigenvalue weighted by Crippen LogP contribution is 2.12. The van der Waals surface area contributed by atoms with Gasteiger partial charge in [0.1, 0.15) is 0 Å². The maximum atomic E-state index is 5.40. The highest BCUT2D eigenvalue weighted by Gasteiger charge is 2.06. The molecule has 66 valence electrons. The van der Waals surface area contributed by atoms with Crippen molar-refractivity contribution in [3.05, 3.63) is 23.1 Å². The van der Waals surface area contributed by atoms with Crippen molar-refractivity contribution >= 4 is 21.9 Å². The van der Waals surface area contributed by atoms with Gasteiger partial charge in [0, 0.05) is 6.20 Å². The lowest BCUT2D eigenvalue weighted by atomic mass is 10.5. The molecule has 0 saturated carbocycles. The lowest BCUT2D eigenvalue weighted by Gasteiger charge is -1.96. The number of aromatic nitrogens is 5. The Morgan fingerprint density at radius 3 is 2.85 bits per heavy atom. The third-order valence-electron chi connectivity index (χ3n) is 1.36. The molecular formula is C6H5BrN6. The van der Waals surface area contributed by atoms with Crippen molar-refractivity contribution < 1.29 is 0 Å². The lowest BCUT2D eigenvalue weighted by molar-refractivity contribution is 0.798. The van der Waals surface area contributed by atoms with Crippen molar-refractivity contribution in [1.82, 2.24) is 25.0 Å². The lowest BCUT2D eigenvalue weighted by Crippen LogP contribution is -2.01. The Hall–Kier alpha value is -1.50. The number of halogens is 1. The molecule has 0 unspecified atom stereocenters. The largest absolute Gasteiger partial charge is 0.366 e. The van der Waals surface area contributed by atoms with Gasteiger partial charge in [-0.1, -0.05) is 0 Å². The topological polar surface area (TPSA) is 82.5 Å². The maximum Gasteiger partial charge on any atom is 0.240 e. The fourth-order valence-corrected chi connectivity index (χ4v) is 1.30. The Bertz CT molecular complexity index is 410. The quantitative estimate of drug-likeness (QED) is 0.781. The zero-order valence-electron chi connectivity index (χ0n) is 6.42. The first-order chi connectivity index (χ1) is 6.27. The normalized spacial score (nSPS) is 10.2. The van der Waals surface area contributed by atoms with Gasteiger partial charge in [-0.25, -0.2) is 0 Å². The molecule has 7 heteroatoms. The van der Waals surface area contributed by atoms with Gasteiger partial charge in [-0.15, -0.1) is 10.2 Å². The molecule has 0 atom stereocenters. The molecule has 0 radical (unpaired) electrons. The van der Waals surface area contributed by atoms with Gasteiger partial charge in [0.05, 0.1) is 0 Å². The molecule has 2 N–H and O–H groups in total. The van der Waals surface area contributed by atoms with Crippen molar-refractivity contribution in [2.45, 2.75) is 0 Å². The second-order valence-corrected chi connectivity index (χ2v) is 2.94. The van der Waals surface area contributed by atoms with Crippen LogP contribution in [-0.4, -0.2) is 25.0 Å². The van der Waals surface area contributed by atoms with Gasteiger partial charge in [0.2, 0.25) is 10.7 Å². The summed E-state index contributed by atoms with van der Waals surface area (Å²) in [4.78, 5) is 3.87. The van der Waals surface area contributed by atoms with Crippen molar-refractivity contribution in [2.24, 2.45) is 0 Å². The molecule has 0 aliphatic rings. The number of rotatable bonds is 1. The number of nitrogens with two attached hydrogens (primary N) is 1. The summed E-state index contributed by atoms with van der Waals surface area (Å²) in [6, 6.07) is 3.51. The molecule has 2 aromatic heterocycles. The van der Waals surface area contributed by atoms with E-state index >= 15 is 0 Å². The summed E-state index contributed by atoms with van der Waals surface area (Å²) < 4.78 is 1.97. The summed E-state index contributed by atoms with van der Waals surface area (Å²) in [6.45, 7) is 0. The van der Waals surface area contributed by atoms with Crippen LogP contribution in [0.5, 0.6) is 0 Å².